The van der Waals surface area contributed by atoms with Gasteiger partial charge in [0.25, 0.3) is 0 Å². The molecule has 0 spiro atoms. The van der Waals surface area contributed by atoms with Crippen molar-refractivity contribution in [3.05, 3.63) is 29.3 Å². The molecule has 0 saturated carbocycles. The molecule has 1 atom stereocenters. The van der Waals surface area contributed by atoms with Crippen LogP contribution in [0.1, 0.15) is 42.6 Å². The van der Waals surface area contributed by atoms with Gasteiger partial charge < -0.3 is 14.6 Å². The van der Waals surface area contributed by atoms with Gasteiger partial charge in [0, 0.05) is 6.92 Å². The number of carbonyl (C=O) groups is 3. The third-order valence-corrected chi connectivity index (χ3v) is 2.62. The van der Waals surface area contributed by atoms with E-state index in [1.807, 2.05) is 0 Å². The molecule has 1 rings (SSSR count). The van der Waals surface area contributed by atoms with Crippen LogP contribution in [0, 0.1) is 0 Å². The second kappa shape index (κ2) is 6.70. The van der Waals surface area contributed by atoms with Crippen LogP contribution >= 0.6 is 0 Å². The fourth-order valence-electron chi connectivity index (χ4n) is 1.72. The Morgan fingerprint density at radius 1 is 1.30 bits per heavy atom. The molecule has 6 nitrogen and oxygen atoms in total. The number of carboxylic acid groups (broad SMARTS) is 1. The third kappa shape index (κ3) is 3.81. The lowest BCUT2D eigenvalue weighted by atomic mass is 9.95. The Morgan fingerprint density at radius 3 is 2.45 bits per heavy atom. The Labute approximate surface area is 116 Å². The van der Waals surface area contributed by atoms with E-state index >= 15 is 0 Å². The second-order valence-corrected chi connectivity index (χ2v) is 4.12. The summed E-state index contributed by atoms with van der Waals surface area (Å²) < 4.78 is 9.77. The van der Waals surface area contributed by atoms with E-state index in [0.717, 1.165) is 0 Å². The minimum Gasteiger partial charge on any atom is -0.478 e. The molecule has 1 aromatic carbocycles. The van der Waals surface area contributed by atoms with Crippen molar-refractivity contribution in [2.75, 3.05) is 6.61 Å². The Balaban J connectivity index is 3.20. The average molecular weight is 280 g/mol. The van der Waals surface area contributed by atoms with E-state index in [1.165, 1.54) is 32.0 Å². The average Bonchev–Trinajstić information content (AvgIpc) is 2.37. The molecular weight excluding hydrogens is 264 g/mol. The van der Waals surface area contributed by atoms with Crippen molar-refractivity contribution in [3.8, 4) is 5.75 Å². The number of rotatable bonds is 5. The highest BCUT2D eigenvalue weighted by atomic mass is 16.5. The highest BCUT2D eigenvalue weighted by Crippen LogP contribution is 2.26. The smallest absolute Gasteiger partial charge is 0.335 e. The minimum atomic E-state index is -1.16. The predicted octanol–water partition coefficient (Wildman–Crippen LogP) is 1.98. The molecule has 6 heteroatoms. The lowest BCUT2D eigenvalue weighted by molar-refractivity contribution is -0.144. The zero-order valence-corrected chi connectivity index (χ0v) is 11.5. The summed E-state index contributed by atoms with van der Waals surface area (Å²) in [6.07, 6.45) is 0. The zero-order valence-electron chi connectivity index (χ0n) is 11.5. The van der Waals surface area contributed by atoms with Gasteiger partial charge in [-0.05, 0) is 37.6 Å². The first-order valence-electron chi connectivity index (χ1n) is 6.09. The number of esters is 2. The van der Waals surface area contributed by atoms with Gasteiger partial charge in [0.05, 0.1) is 18.1 Å². The molecule has 108 valence electrons. The molecule has 0 amide bonds. The van der Waals surface area contributed by atoms with Gasteiger partial charge in [-0.15, -0.1) is 0 Å². The van der Waals surface area contributed by atoms with Crippen LogP contribution < -0.4 is 4.74 Å². The molecule has 0 saturated heterocycles. The topological polar surface area (TPSA) is 89.9 Å². The standard InChI is InChI=1S/C14H16O6/c1-4-19-14(18)8(2)12-7-10(20-9(3)15)5-6-11(12)13(16)17/h5-8H,4H2,1-3H3,(H,16,17). The summed E-state index contributed by atoms with van der Waals surface area (Å²) in [5.41, 5.74) is 0.219. The molecule has 0 fully saturated rings. The summed E-state index contributed by atoms with van der Waals surface area (Å²) in [5, 5.41) is 9.14. The number of carboxylic acids is 1. The second-order valence-electron chi connectivity index (χ2n) is 4.12. The highest BCUT2D eigenvalue weighted by molar-refractivity contribution is 5.92. The molecular formula is C14H16O6. The Morgan fingerprint density at radius 2 is 1.95 bits per heavy atom. The largest absolute Gasteiger partial charge is 0.478 e. The number of benzene rings is 1. The summed E-state index contributed by atoms with van der Waals surface area (Å²) in [4.78, 5) is 33.8. The van der Waals surface area contributed by atoms with E-state index < -0.39 is 23.8 Å². The van der Waals surface area contributed by atoms with Crippen LogP contribution in [0.3, 0.4) is 0 Å². The molecule has 1 N–H and O–H groups in total. The van der Waals surface area contributed by atoms with Crippen molar-refractivity contribution in [2.24, 2.45) is 0 Å². The van der Waals surface area contributed by atoms with Crippen LogP contribution in [0.4, 0.5) is 0 Å². The van der Waals surface area contributed by atoms with Crippen molar-refractivity contribution < 1.29 is 29.0 Å². The van der Waals surface area contributed by atoms with E-state index in [0.29, 0.717) is 0 Å². The Kier molecular flexibility index (Phi) is 5.25. The fourth-order valence-corrected chi connectivity index (χ4v) is 1.72. The van der Waals surface area contributed by atoms with Gasteiger partial charge in [0.15, 0.2) is 0 Å². The molecule has 1 aromatic rings. The molecule has 0 bridgehead atoms. The molecule has 0 radical (unpaired) electrons. The lowest BCUT2D eigenvalue weighted by Gasteiger charge is -2.14. The summed E-state index contributed by atoms with van der Waals surface area (Å²) in [6.45, 7) is 4.64. The Hall–Kier alpha value is -2.37. The third-order valence-electron chi connectivity index (χ3n) is 2.62. The van der Waals surface area contributed by atoms with E-state index in [4.69, 9.17) is 14.6 Å². The van der Waals surface area contributed by atoms with E-state index in [2.05, 4.69) is 0 Å². The normalized spacial score (nSPS) is 11.6. The number of hydrogen-bond acceptors (Lipinski definition) is 5. The minimum absolute atomic E-state index is 0.0264. The first-order chi connectivity index (χ1) is 9.36. The van der Waals surface area contributed by atoms with Gasteiger partial charge in [-0.1, -0.05) is 0 Å². The monoisotopic (exact) mass is 280 g/mol. The van der Waals surface area contributed by atoms with Crippen molar-refractivity contribution >= 4 is 17.9 Å². The Bertz CT molecular complexity index is 534. The number of ether oxygens (including phenoxy) is 2. The first kappa shape index (κ1) is 15.7. The molecule has 0 heterocycles. The highest BCUT2D eigenvalue weighted by Gasteiger charge is 2.23. The molecule has 0 aliphatic heterocycles. The fraction of sp³-hybridized carbons (Fsp3) is 0.357. The maximum absolute atomic E-state index is 11.7. The maximum Gasteiger partial charge on any atom is 0.335 e. The summed E-state index contributed by atoms with van der Waals surface area (Å²) in [6, 6.07) is 4.03. The SMILES string of the molecule is CCOC(=O)C(C)c1cc(OC(C)=O)ccc1C(=O)O. The van der Waals surface area contributed by atoms with Gasteiger partial charge in [-0.25, -0.2) is 4.79 Å². The maximum atomic E-state index is 11.7. The van der Waals surface area contributed by atoms with Crippen LogP contribution in [0.2, 0.25) is 0 Å². The molecule has 0 aliphatic rings. The first-order valence-corrected chi connectivity index (χ1v) is 6.09. The van der Waals surface area contributed by atoms with Crippen LogP contribution in [0.25, 0.3) is 0 Å². The van der Waals surface area contributed by atoms with E-state index in [9.17, 15) is 14.4 Å². The number of hydrogen-bond donors (Lipinski definition) is 1. The summed E-state index contributed by atoms with van der Waals surface area (Å²) in [7, 11) is 0. The van der Waals surface area contributed by atoms with Crippen molar-refractivity contribution in [1.29, 1.82) is 0 Å². The summed E-state index contributed by atoms with van der Waals surface area (Å²) in [5.74, 6) is -2.80. The van der Waals surface area contributed by atoms with Crippen LogP contribution in [-0.2, 0) is 14.3 Å². The predicted molar refractivity (Wildman–Crippen MR) is 69.8 cm³/mol. The van der Waals surface area contributed by atoms with E-state index in [1.54, 1.807) is 6.92 Å². The van der Waals surface area contributed by atoms with Crippen molar-refractivity contribution in [2.45, 2.75) is 26.7 Å². The molecule has 0 aromatic heterocycles. The van der Waals surface area contributed by atoms with Gasteiger partial charge in [-0.3, -0.25) is 9.59 Å². The van der Waals surface area contributed by atoms with Gasteiger partial charge >= 0.3 is 17.9 Å². The molecule has 20 heavy (non-hydrogen) atoms. The van der Waals surface area contributed by atoms with Crippen LogP contribution in [0.5, 0.6) is 5.75 Å². The summed E-state index contributed by atoms with van der Waals surface area (Å²) >= 11 is 0. The van der Waals surface area contributed by atoms with Crippen molar-refractivity contribution in [3.63, 3.8) is 0 Å². The van der Waals surface area contributed by atoms with Gasteiger partial charge in [0.1, 0.15) is 5.75 Å². The van der Waals surface area contributed by atoms with Crippen LogP contribution in [-0.4, -0.2) is 29.6 Å². The van der Waals surface area contributed by atoms with Gasteiger partial charge in [0.2, 0.25) is 0 Å². The van der Waals surface area contributed by atoms with E-state index in [-0.39, 0.29) is 23.5 Å². The number of aromatic carboxylic acids is 1. The number of carbonyl (C=O) groups excluding carboxylic acids is 2. The van der Waals surface area contributed by atoms with Crippen molar-refractivity contribution in [1.82, 2.24) is 0 Å². The molecule has 0 aliphatic carbocycles. The lowest BCUT2D eigenvalue weighted by Crippen LogP contribution is -2.16. The van der Waals surface area contributed by atoms with Crippen LogP contribution in [0.15, 0.2) is 18.2 Å². The quantitative estimate of drug-likeness (QED) is 0.655. The molecule has 1 unspecified atom stereocenters. The van der Waals surface area contributed by atoms with Gasteiger partial charge in [-0.2, -0.15) is 0 Å². The zero-order chi connectivity index (χ0) is 15.3.